The molecule has 5 nitrogen and oxygen atoms in total. The molecule has 0 unspecified atom stereocenters. The number of amides is 1. The fourth-order valence-electron chi connectivity index (χ4n) is 2.25. The van der Waals surface area contributed by atoms with Crippen LogP contribution < -0.4 is 10.2 Å². The van der Waals surface area contributed by atoms with E-state index in [1.807, 2.05) is 63.2 Å². The van der Waals surface area contributed by atoms with E-state index >= 15 is 0 Å². The molecule has 2 rings (SSSR count). The molecule has 132 valence electrons. The predicted octanol–water partition coefficient (Wildman–Crippen LogP) is 2.84. The smallest absolute Gasteiger partial charge is 0.338 e. The van der Waals surface area contributed by atoms with Crippen molar-refractivity contribution in [2.24, 2.45) is 0 Å². The molecule has 0 atom stereocenters. The minimum Gasteiger partial charge on any atom is -0.452 e. The van der Waals surface area contributed by atoms with Crippen molar-refractivity contribution >= 4 is 17.6 Å². The number of nitrogens with zero attached hydrogens (tertiary/aromatic N) is 1. The van der Waals surface area contributed by atoms with Gasteiger partial charge in [-0.15, -0.1) is 0 Å². The van der Waals surface area contributed by atoms with Gasteiger partial charge in [-0.25, -0.2) is 4.79 Å². The molecule has 0 radical (unpaired) electrons. The SMILES string of the molecule is Cc1ccc(C(=O)OCC(=O)NCc2ccc(N(C)C)cc2)cc1C. The Balaban J connectivity index is 1.80. The van der Waals surface area contributed by atoms with Gasteiger partial charge in [0.1, 0.15) is 0 Å². The van der Waals surface area contributed by atoms with Crippen LogP contribution in [0.15, 0.2) is 42.5 Å². The number of carbonyl (C=O) groups is 2. The van der Waals surface area contributed by atoms with Crippen molar-refractivity contribution in [2.75, 3.05) is 25.6 Å². The van der Waals surface area contributed by atoms with Crippen molar-refractivity contribution < 1.29 is 14.3 Å². The third kappa shape index (κ3) is 5.35. The molecule has 0 heterocycles. The van der Waals surface area contributed by atoms with Gasteiger partial charge in [0, 0.05) is 26.3 Å². The maximum absolute atomic E-state index is 12.0. The quantitative estimate of drug-likeness (QED) is 0.822. The number of hydrogen-bond acceptors (Lipinski definition) is 4. The van der Waals surface area contributed by atoms with E-state index in [1.165, 1.54) is 0 Å². The fraction of sp³-hybridized carbons (Fsp3) is 0.300. The summed E-state index contributed by atoms with van der Waals surface area (Å²) in [4.78, 5) is 25.8. The lowest BCUT2D eigenvalue weighted by molar-refractivity contribution is -0.124. The summed E-state index contributed by atoms with van der Waals surface area (Å²) in [5.74, 6) is -0.817. The van der Waals surface area contributed by atoms with Crippen LogP contribution >= 0.6 is 0 Å². The number of aryl methyl sites for hydroxylation is 2. The van der Waals surface area contributed by atoms with Gasteiger partial charge in [0.2, 0.25) is 0 Å². The lowest BCUT2D eigenvalue weighted by Gasteiger charge is -2.13. The minimum absolute atomic E-state index is 0.290. The number of ether oxygens (including phenoxy) is 1. The molecular formula is C20H24N2O3. The molecule has 0 fully saturated rings. The van der Waals surface area contributed by atoms with Crippen LogP contribution in [0.5, 0.6) is 0 Å². The molecule has 0 bridgehead atoms. The topological polar surface area (TPSA) is 58.6 Å². The summed E-state index contributed by atoms with van der Waals surface area (Å²) in [6.45, 7) is 4.01. The number of nitrogens with one attached hydrogen (secondary N) is 1. The average molecular weight is 340 g/mol. The van der Waals surface area contributed by atoms with Gasteiger partial charge in [0.05, 0.1) is 5.56 Å². The van der Waals surface area contributed by atoms with Crippen LogP contribution in [0.2, 0.25) is 0 Å². The predicted molar refractivity (Wildman–Crippen MR) is 98.8 cm³/mol. The summed E-state index contributed by atoms with van der Waals surface area (Å²) in [5.41, 5.74) is 4.65. The van der Waals surface area contributed by atoms with Crippen molar-refractivity contribution in [3.63, 3.8) is 0 Å². The van der Waals surface area contributed by atoms with Gasteiger partial charge in [0.25, 0.3) is 5.91 Å². The van der Waals surface area contributed by atoms with E-state index < -0.39 is 5.97 Å². The molecule has 0 aromatic heterocycles. The maximum atomic E-state index is 12.0. The molecule has 5 heteroatoms. The Morgan fingerprint density at radius 3 is 2.28 bits per heavy atom. The number of rotatable bonds is 6. The summed E-state index contributed by atoms with van der Waals surface area (Å²) < 4.78 is 5.07. The van der Waals surface area contributed by atoms with Crippen LogP contribution in [-0.2, 0) is 16.1 Å². The summed E-state index contributed by atoms with van der Waals surface area (Å²) in [6, 6.07) is 13.2. The van der Waals surface area contributed by atoms with Crippen molar-refractivity contribution in [3.8, 4) is 0 Å². The highest BCUT2D eigenvalue weighted by atomic mass is 16.5. The zero-order chi connectivity index (χ0) is 18.4. The van der Waals surface area contributed by atoms with Crippen LogP contribution in [0.1, 0.15) is 27.0 Å². The van der Waals surface area contributed by atoms with E-state index in [4.69, 9.17) is 4.74 Å². The van der Waals surface area contributed by atoms with Gasteiger partial charge in [-0.2, -0.15) is 0 Å². The van der Waals surface area contributed by atoms with Crippen molar-refractivity contribution in [1.82, 2.24) is 5.32 Å². The molecule has 0 spiro atoms. The van der Waals surface area contributed by atoms with E-state index in [-0.39, 0.29) is 12.5 Å². The van der Waals surface area contributed by atoms with Crippen molar-refractivity contribution in [3.05, 3.63) is 64.7 Å². The molecule has 25 heavy (non-hydrogen) atoms. The molecule has 0 aliphatic heterocycles. The summed E-state index contributed by atoms with van der Waals surface area (Å²) in [6.07, 6.45) is 0. The Labute approximate surface area is 148 Å². The maximum Gasteiger partial charge on any atom is 0.338 e. The Morgan fingerprint density at radius 1 is 1.00 bits per heavy atom. The summed E-state index contributed by atoms with van der Waals surface area (Å²) in [7, 11) is 3.95. The van der Waals surface area contributed by atoms with E-state index in [1.54, 1.807) is 12.1 Å². The van der Waals surface area contributed by atoms with Crippen LogP contribution in [0, 0.1) is 13.8 Å². The first-order valence-electron chi connectivity index (χ1n) is 8.14. The summed E-state index contributed by atoms with van der Waals surface area (Å²) in [5, 5.41) is 2.75. The van der Waals surface area contributed by atoms with Gasteiger partial charge in [-0.3, -0.25) is 4.79 Å². The van der Waals surface area contributed by atoms with E-state index in [9.17, 15) is 9.59 Å². The lowest BCUT2D eigenvalue weighted by Crippen LogP contribution is -2.28. The largest absolute Gasteiger partial charge is 0.452 e. The Morgan fingerprint density at radius 2 is 1.68 bits per heavy atom. The van der Waals surface area contributed by atoms with E-state index in [0.717, 1.165) is 22.4 Å². The molecule has 0 aliphatic rings. The van der Waals surface area contributed by atoms with Crippen LogP contribution in [0.4, 0.5) is 5.69 Å². The average Bonchev–Trinajstić information content (AvgIpc) is 2.60. The molecule has 0 aliphatic carbocycles. The molecular weight excluding hydrogens is 316 g/mol. The summed E-state index contributed by atoms with van der Waals surface area (Å²) >= 11 is 0. The first-order chi connectivity index (χ1) is 11.9. The molecule has 2 aromatic rings. The number of esters is 1. The van der Waals surface area contributed by atoms with E-state index in [2.05, 4.69) is 5.32 Å². The second kappa shape index (κ2) is 8.33. The normalized spacial score (nSPS) is 10.2. The zero-order valence-electron chi connectivity index (χ0n) is 15.1. The number of carbonyl (C=O) groups excluding carboxylic acids is 2. The molecule has 0 saturated heterocycles. The molecule has 0 saturated carbocycles. The Kier molecular flexibility index (Phi) is 6.17. The van der Waals surface area contributed by atoms with E-state index in [0.29, 0.717) is 12.1 Å². The molecule has 2 aromatic carbocycles. The third-order valence-corrected chi connectivity index (χ3v) is 4.02. The zero-order valence-corrected chi connectivity index (χ0v) is 15.1. The minimum atomic E-state index is -0.492. The number of benzene rings is 2. The first-order valence-corrected chi connectivity index (χ1v) is 8.14. The highest BCUT2D eigenvalue weighted by Crippen LogP contribution is 2.12. The highest BCUT2D eigenvalue weighted by molar-refractivity contribution is 5.91. The first kappa shape index (κ1) is 18.5. The molecule has 1 N–H and O–H groups in total. The Bertz CT molecular complexity index is 752. The number of anilines is 1. The fourth-order valence-corrected chi connectivity index (χ4v) is 2.25. The van der Waals surface area contributed by atoms with Gasteiger partial charge >= 0.3 is 5.97 Å². The molecule has 1 amide bonds. The van der Waals surface area contributed by atoms with Crippen LogP contribution in [0.3, 0.4) is 0 Å². The Hall–Kier alpha value is -2.82. The number of hydrogen-bond donors (Lipinski definition) is 1. The van der Waals surface area contributed by atoms with Crippen LogP contribution in [-0.4, -0.2) is 32.6 Å². The standard InChI is InChI=1S/C20H24N2O3/c1-14-5-8-17(11-15(14)2)20(24)25-13-19(23)21-12-16-6-9-18(10-7-16)22(3)4/h5-11H,12-13H2,1-4H3,(H,21,23). The second-order valence-corrected chi connectivity index (χ2v) is 6.21. The van der Waals surface area contributed by atoms with Gasteiger partial charge in [0.15, 0.2) is 6.61 Å². The second-order valence-electron chi connectivity index (χ2n) is 6.21. The van der Waals surface area contributed by atoms with Gasteiger partial charge in [-0.1, -0.05) is 18.2 Å². The van der Waals surface area contributed by atoms with Crippen molar-refractivity contribution in [2.45, 2.75) is 20.4 Å². The monoisotopic (exact) mass is 340 g/mol. The lowest BCUT2D eigenvalue weighted by atomic mass is 10.1. The van der Waals surface area contributed by atoms with Crippen LogP contribution in [0.25, 0.3) is 0 Å². The highest BCUT2D eigenvalue weighted by Gasteiger charge is 2.11. The van der Waals surface area contributed by atoms with Crippen molar-refractivity contribution in [1.29, 1.82) is 0 Å². The van der Waals surface area contributed by atoms with Gasteiger partial charge < -0.3 is 15.0 Å². The van der Waals surface area contributed by atoms with Gasteiger partial charge in [-0.05, 0) is 54.8 Å². The third-order valence-electron chi connectivity index (χ3n) is 4.02.